The maximum atomic E-state index is 12.7. The standard InChI is InChI=1S/C44H82N2O11.2ClH/c1-8-9-22-28-41(57-44(52)37-46(6,7)31-35-54-39(3)48)40(49)27-23-18-14-10-11-15-19-24-29-42(50)55-32-25-20-16-12-13-17-21-26-33-56-43(51)36-45(4,5)30-34-53-38(2)47;;/h18,23,40-41,49H,8-17,19-22,24-37H2,1-7H3;2*1H/q+2;;/p-2/b23-18-;;. The lowest BCUT2D eigenvalue weighted by molar-refractivity contribution is -0.883. The van der Waals surface area contributed by atoms with Crippen LogP contribution in [0.3, 0.4) is 0 Å². The largest absolute Gasteiger partial charge is 1.00 e. The average Bonchev–Trinajstić information content (AvgIpc) is 3.11. The predicted molar refractivity (Wildman–Crippen MR) is 222 cm³/mol. The molecule has 0 amide bonds. The number of nitrogens with zero attached hydrogens (tertiary/aromatic N) is 2. The fraction of sp³-hybridized carbons (Fsp3) is 0.841. The lowest BCUT2D eigenvalue weighted by Gasteiger charge is -2.30. The topological polar surface area (TPSA) is 152 Å². The average molecular weight is 886 g/mol. The Morgan fingerprint density at radius 1 is 0.542 bits per heavy atom. The molecule has 0 bridgehead atoms. The van der Waals surface area contributed by atoms with Gasteiger partial charge in [-0.15, -0.1) is 0 Å². The van der Waals surface area contributed by atoms with E-state index in [0.29, 0.717) is 54.5 Å². The first kappa shape index (κ1) is 60.9. The third-order valence-corrected chi connectivity index (χ3v) is 9.78. The van der Waals surface area contributed by atoms with Gasteiger partial charge in [-0.25, -0.2) is 9.59 Å². The number of rotatable bonds is 37. The molecule has 0 aliphatic carbocycles. The lowest BCUT2D eigenvalue weighted by atomic mass is 10.0. The predicted octanol–water partition coefficient (Wildman–Crippen LogP) is 1.01. The van der Waals surface area contributed by atoms with Gasteiger partial charge >= 0.3 is 29.8 Å². The van der Waals surface area contributed by atoms with E-state index in [1.165, 1.54) is 13.8 Å². The van der Waals surface area contributed by atoms with Crippen LogP contribution in [0.15, 0.2) is 12.2 Å². The Morgan fingerprint density at radius 3 is 1.51 bits per heavy atom. The molecule has 2 atom stereocenters. The number of allylic oxidation sites excluding steroid dienone is 1. The van der Waals surface area contributed by atoms with Crippen LogP contribution in [0, 0.1) is 0 Å². The van der Waals surface area contributed by atoms with Gasteiger partial charge in [0.25, 0.3) is 0 Å². The van der Waals surface area contributed by atoms with Crippen LogP contribution >= 0.6 is 0 Å². The van der Waals surface area contributed by atoms with Crippen molar-refractivity contribution in [2.75, 3.05) is 80.8 Å². The molecule has 0 saturated carbocycles. The van der Waals surface area contributed by atoms with Gasteiger partial charge in [0.15, 0.2) is 13.1 Å². The van der Waals surface area contributed by atoms with Crippen LogP contribution < -0.4 is 24.8 Å². The molecule has 0 aromatic carbocycles. The van der Waals surface area contributed by atoms with E-state index in [0.717, 1.165) is 109 Å². The summed E-state index contributed by atoms with van der Waals surface area (Å²) in [5.74, 6) is -1.36. The molecule has 0 heterocycles. The molecular weight excluding hydrogens is 803 g/mol. The highest BCUT2D eigenvalue weighted by Crippen LogP contribution is 2.16. The second-order valence-corrected chi connectivity index (χ2v) is 16.7. The number of halogens is 2. The van der Waals surface area contributed by atoms with Crippen LogP contribution in [0.4, 0.5) is 0 Å². The molecule has 0 fully saturated rings. The maximum absolute atomic E-state index is 12.7. The number of likely N-dealkylation sites (N-methyl/N-ethyl adjacent to an activating group) is 2. The fourth-order valence-electron chi connectivity index (χ4n) is 6.18. The van der Waals surface area contributed by atoms with E-state index in [2.05, 4.69) is 13.0 Å². The first-order valence-electron chi connectivity index (χ1n) is 21.8. The van der Waals surface area contributed by atoms with E-state index < -0.39 is 12.2 Å². The second-order valence-electron chi connectivity index (χ2n) is 16.7. The maximum Gasteiger partial charge on any atom is 0.362 e. The number of carbonyl (C=O) groups excluding carboxylic acids is 5. The molecule has 0 aliphatic heterocycles. The highest BCUT2D eigenvalue weighted by molar-refractivity contribution is 5.71. The second kappa shape index (κ2) is 38.5. The monoisotopic (exact) mass is 885 g/mol. The van der Waals surface area contributed by atoms with Crippen LogP contribution in [-0.4, -0.2) is 137 Å². The number of aliphatic hydroxyl groups excluding tert-OH is 1. The Kier molecular flexibility index (Phi) is 39.7. The molecule has 0 aromatic heterocycles. The van der Waals surface area contributed by atoms with Crippen molar-refractivity contribution in [1.82, 2.24) is 0 Å². The summed E-state index contributed by atoms with van der Waals surface area (Å²) in [6.45, 7) is 7.73. The fourth-order valence-corrected chi connectivity index (χ4v) is 6.18. The minimum atomic E-state index is -0.760. The first-order chi connectivity index (χ1) is 27.1. The van der Waals surface area contributed by atoms with E-state index in [4.69, 9.17) is 23.7 Å². The zero-order valence-corrected chi connectivity index (χ0v) is 39.3. The summed E-state index contributed by atoms with van der Waals surface area (Å²) in [6, 6.07) is 0. The van der Waals surface area contributed by atoms with Crippen molar-refractivity contribution in [3.63, 3.8) is 0 Å². The van der Waals surface area contributed by atoms with E-state index in [1.54, 1.807) is 0 Å². The van der Waals surface area contributed by atoms with Gasteiger partial charge in [-0.1, -0.05) is 89.7 Å². The summed E-state index contributed by atoms with van der Waals surface area (Å²) in [6.07, 6.45) is 21.5. The number of hydrogen-bond acceptors (Lipinski definition) is 11. The Morgan fingerprint density at radius 2 is 1.00 bits per heavy atom. The Labute approximate surface area is 369 Å². The molecular formula is C44H82Cl2N2O11. The summed E-state index contributed by atoms with van der Waals surface area (Å²) < 4.78 is 27.3. The van der Waals surface area contributed by atoms with Gasteiger partial charge in [0.05, 0.1) is 47.5 Å². The molecule has 59 heavy (non-hydrogen) atoms. The van der Waals surface area contributed by atoms with Gasteiger partial charge < -0.3 is 62.6 Å². The molecule has 0 aliphatic rings. The number of aliphatic hydroxyl groups is 1. The molecule has 0 radical (unpaired) electrons. The Bertz CT molecular complexity index is 1140. The summed E-state index contributed by atoms with van der Waals surface area (Å²) in [7, 11) is 7.59. The van der Waals surface area contributed by atoms with Crippen LogP contribution in [0.2, 0.25) is 0 Å². The molecule has 0 rings (SSSR count). The Balaban J connectivity index is -0.0000157. The normalized spacial score (nSPS) is 12.5. The van der Waals surface area contributed by atoms with Crippen molar-refractivity contribution in [3.8, 4) is 0 Å². The van der Waals surface area contributed by atoms with Gasteiger partial charge in [0, 0.05) is 20.3 Å². The SMILES string of the molecule is CCCCCC(OC(=O)C[N+](C)(C)CCOC(C)=O)C(O)C/C=C\CCCCCCCC(=O)OCCCCCCCCCCOC(=O)C[N+](C)(C)CCOC(C)=O.[Cl-].[Cl-]. The minimum Gasteiger partial charge on any atom is -1.00 e. The highest BCUT2D eigenvalue weighted by atomic mass is 35.5. The molecule has 0 saturated heterocycles. The molecule has 348 valence electrons. The van der Waals surface area contributed by atoms with E-state index in [-0.39, 0.29) is 81.0 Å². The van der Waals surface area contributed by atoms with Crippen molar-refractivity contribution in [1.29, 1.82) is 0 Å². The van der Waals surface area contributed by atoms with Crippen LogP contribution in [0.1, 0.15) is 149 Å². The van der Waals surface area contributed by atoms with E-state index in [1.807, 2.05) is 34.3 Å². The number of esters is 5. The zero-order chi connectivity index (χ0) is 42.8. The van der Waals surface area contributed by atoms with Crippen molar-refractivity contribution < 1.29 is 86.5 Å². The van der Waals surface area contributed by atoms with Gasteiger partial charge in [-0.2, -0.15) is 0 Å². The van der Waals surface area contributed by atoms with Crippen molar-refractivity contribution in [3.05, 3.63) is 12.2 Å². The first-order valence-corrected chi connectivity index (χ1v) is 21.8. The third-order valence-electron chi connectivity index (χ3n) is 9.78. The van der Waals surface area contributed by atoms with E-state index >= 15 is 0 Å². The molecule has 0 spiro atoms. The zero-order valence-electron chi connectivity index (χ0n) is 37.8. The quantitative estimate of drug-likeness (QED) is 0.0313. The van der Waals surface area contributed by atoms with Gasteiger partial charge in [-0.3, -0.25) is 14.4 Å². The van der Waals surface area contributed by atoms with Crippen molar-refractivity contribution >= 4 is 29.8 Å². The van der Waals surface area contributed by atoms with Crippen LogP contribution in [-0.2, 0) is 47.7 Å². The minimum absolute atomic E-state index is 0. The van der Waals surface area contributed by atoms with Crippen molar-refractivity contribution in [2.45, 2.75) is 161 Å². The van der Waals surface area contributed by atoms with E-state index in [9.17, 15) is 29.1 Å². The van der Waals surface area contributed by atoms with Gasteiger partial charge in [0.2, 0.25) is 0 Å². The molecule has 15 heteroatoms. The summed E-state index contributed by atoms with van der Waals surface area (Å²) in [5, 5.41) is 10.9. The molecule has 1 N–H and O–H groups in total. The number of quaternary nitrogens is 2. The number of hydrogen-bond donors (Lipinski definition) is 1. The summed E-state index contributed by atoms with van der Waals surface area (Å²) >= 11 is 0. The molecule has 2 unspecified atom stereocenters. The lowest BCUT2D eigenvalue weighted by Crippen LogP contribution is -3.00. The number of carbonyl (C=O) groups is 5. The smallest absolute Gasteiger partial charge is 0.362 e. The van der Waals surface area contributed by atoms with Gasteiger partial charge in [-0.05, 0) is 51.4 Å². The van der Waals surface area contributed by atoms with Crippen molar-refractivity contribution in [2.24, 2.45) is 0 Å². The van der Waals surface area contributed by atoms with Gasteiger partial charge in [0.1, 0.15) is 32.4 Å². The number of ether oxygens (including phenoxy) is 5. The molecule has 0 aromatic rings. The third kappa shape index (κ3) is 40.7. The van der Waals surface area contributed by atoms with Crippen LogP contribution in [0.5, 0.6) is 0 Å². The number of unbranched alkanes of at least 4 members (excludes halogenated alkanes) is 14. The summed E-state index contributed by atoms with van der Waals surface area (Å²) in [5.41, 5.74) is 0. The summed E-state index contributed by atoms with van der Waals surface area (Å²) in [4.78, 5) is 58.9. The molecule has 13 nitrogen and oxygen atoms in total. The highest BCUT2D eigenvalue weighted by Gasteiger charge is 2.27. The van der Waals surface area contributed by atoms with Crippen LogP contribution in [0.25, 0.3) is 0 Å². The Hall–Kier alpha value is -2.45.